The van der Waals surface area contributed by atoms with Gasteiger partial charge in [0, 0.05) is 0 Å². The molecule has 19 heavy (non-hydrogen) atoms. The zero-order chi connectivity index (χ0) is 12.9. The maximum absolute atomic E-state index is 2.27. The summed E-state index contributed by atoms with van der Waals surface area (Å²) in [6, 6.07) is 32.8. The molecule has 3 aromatic rings. The third-order valence-corrected chi connectivity index (χ3v) is 9.30. The fraction of sp³-hybridized carbons (Fsp3) is 0. The molecule has 0 spiro atoms. The van der Waals surface area contributed by atoms with Gasteiger partial charge in [-0.25, -0.2) is 0 Å². The zero-order valence-corrected chi connectivity index (χ0v) is 12.9. The molecule has 0 aliphatic rings. The molecule has 93 valence electrons. The summed E-state index contributed by atoms with van der Waals surface area (Å²) in [6.07, 6.45) is 0. The van der Waals surface area contributed by atoms with Crippen LogP contribution in [0.25, 0.3) is 0 Å². The summed E-state index contributed by atoms with van der Waals surface area (Å²) in [5, 5.41) is 0. The SMILES string of the molecule is c1ccc([Te](c2ccccc2)c2ccccc2)cc1. The van der Waals surface area contributed by atoms with Crippen molar-refractivity contribution in [2.75, 3.05) is 0 Å². The van der Waals surface area contributed by atoms with E-state index >= 15 is 0 Å². The van der Waals surface area contributed by atoms with Crippen molar-refractivity contribution in [2.24, 2.45) is 0 Å². The molecular formula is C18H15Te. The van der Waals surface area contributed by atoms with Gasteiger partial charge in [0.25, 0.3) is 0 Å². The van der Waals surface area contributed by atoms with Crippen LogP contribution < -0.4 is 10.8 Å². The topological polar surface area (TPSA) is 0 Å². The van der Waals surface area contributed by atoms with Gasteiger partial charge in [0.15, 0.2) is 0 Å². The van der Waals surface area contributed by atoms with Gasteiger partial charge >= 0.3 is 121 Å². The molecule has 1 heteroatoms. The van der Waals surface area contributed by atoms with E-state index in [9.17, 15) is 0 Å². The Hall–Kier alpha value is -1.55. The van der Waals surface area contributed by atoms with Crippen molar-refractivity contribution in [3.8, 4) is 0 Å². The van der Waals surface area contributed by atoms with Crippen LogP contribution in [0.4, 0.5) is 0 Å². The zero-order valence-electron chi connectivity index (χ0n) is 10.6. The van der Waals surface area contributed by atoms with Crippen molar-refractivity contribution in [3.05, 3.63) is 91.0 Å². The van der Waals surface area contributed by atoms with Gasteiger partial charge < -0.3 is 0 Å². The number of rotatable bonds is 3. The van der Waals surface area contributed by atoms with E-state index in [0.717, 1.165) is 0 Å². The molecule has 3 aromatic carbocycles. The Kier molecular flexibility index (Phi) is 3.98. The third kappa shape index (κ3) is 2.89. The van der Waals surface area contributed by atoms with Crippen LogP contribution in [0.3, 0.4) is 0 Å². The van der Waals surface area contributed by atoms with Crippen molar-refractivity contribution in [1.29, 1.82) is 0 Å². The Morgan fingerprint density at radius 3 is 0.895 bits per heavy atom. The molecule has 0 bridgehead atoms. The average Bonchev–Trinajstić information content (AvgIpc) is 2.51. The van der Waals surface area contributed by atoms with Gasteiger partial charge in [-0.05, 0) is 0 Å². The first-order valence-electron chi connectivity index (χ1n) is 6.34. The molecule has 0 aromatic heterocycles. The number of hydrogen-bond acceptors (Lipinski definition) is 0. The molecule has 0 unspecified atom stereocenters. The van der Waals surface area contributed by atoms with Gasteiger partial charge in [-0.2, -0.15) is 0 Å². The quantitative estimate of drug-likeness (QED) is 0.630. The molecule has 0 saturated carbocycles. The van der Waals surface area contributed by atoms with Gasteiger partial charge in [-0.1, -0.05) is 0 Å². The van der Waals surface area contributed by atoms with Gasteiger partial charge in [-0.15, -0.1) is 0 Å². The number of benzene rings is 3. The van der Waals surface area contributed by atoms with E-state index < -0.39 is 19.6 Å². The van der Waals surface area contributed by atoms with Crippen LogP contribution >= 0.6 is 0 Å². The minimum atomic E-state index is -1.67. The summed E-state index contributed by atoms with van der Waals surface area (Å²) in [5.41, 5.74) is 0. The standard InChI is InChI=1S/C18H15Te/c1-4-10-16(11-5-1)19(17-12-6-2-7-13-17)18-14-8-3-9-15-18/h1-15H. The van der Waals surface area contributed by atoms with E-state index in [2.05, 4.69) is 91.0 Å². The molecule has 1 radical (unpaired) electrons. The molecule has 3 rings (SSSR count). The maximum atomic E-state index is 2.27. The summed E-state index contributed by atoms with van der Waals surface area (Å²) in [6.45, 7) is 0. The van der Waals surface area contributed by atoms with Crippen molar-refractivity contribution >= 4 is 30.4 Å². The predicted octanol–water partition coefficient (Wildman–Crippen LogP) is 2.20. The van der Waals surface area contributed by atoms with Crippen LogP contribution in [0.15, 0.2) is 91.0 Å². The molecule has 0 fully saturated rings. The first kappa shape index (κ1) is 12.5. The monoisotopic (exact) mass is 361 g/mol. The Morgan fingerprint density at radius 1 is 0.368 bits per heavy atom. The molecule has 0 saturated heterocycles. The van der Waals surface area contributed by atoms with Crippen molar-refractivity contribution in [3.63, 3.8) is 0 Å². The van der Waals surface area contributed by atoms with Crippen molar-refractivity contribution in [2.45, 2.75) is 0 Å². The van der Waals surface area contributed by atoms with Crippen LogP contribution in [0.5, 0.6) is 0 Å². The Labute approximate surface area is 121 Å². The molecule has 0 atom stereocenters. The van der Waals surface area contributed by atoms with E-state index in [1.165, 1.54) is 10.8 Å². The summed E-state index contributed by atoms with van der Waals surface area (Å²) in [5.74, 6) is 0. The van der Waals surface area contributed by atoms with E-state index in [1.54, 1.807) is 0 Å². The molecular weight excluding hydrogens is 344 g/mol. The Balaban J connectivity index is 2.12. The predicted molar refractivity (Wildman–Crippen MR) is 84.0 cm³/mol. The normalized spacial score (nSPS) is 10.6. The Bertz CT molecular complexity index is 524. The van der Waals surface area contributed by atoms with Crippen molar-refractivity contribution < 1.29 is 0 Å². The minimum absolute atomic E-state index is 1.50. The summed E-state index contributed by atoms with van der Waals surface area (Å²) in [4.78, 5) is 0. The van der Waals surface area contributed by atoms with Gasteiger partial charge in [-0.3, -0.25) is 0 Å². The van der Waals surface area contributed by atoms with Crippen LogP contribution in [-0.2, 0) is 0 Å². The molecule has 0 aliphatic heterocycles. The second kappa shape index (κ2) is 6.06. The van der Waals surface area contributed by atoms with Crippen LogP contribution in [-0.4, -0.2) is 19.6 Å². The molecule has 0 aliphatic carbocycles. The summed E-state index contributed by atoms with van der Waals surface area (Å²) < 4.78 is 4.51. The van der Waals surface area contributed by atoms with Crippen LogP contribution in [0.1, 0.15) is 0 Å². The van der Waals surface area contributed by atoms with Crippen LogP contribution in [0.2, 0.25) is 0 Å². The molecule has 0 N–H and O–H groups in total. The van der Waals surface area contributed by atoms with Gasteiger partial charge in [0.1, 0.15) is 0 Å². The summed E-state index contributed by atoms with van der Waals surface area (Å²) >= 11 is -1.67. The van der Waals surface area contributed by atoms with E-state index in [-0.39, 0.29) is 0 Å². The summed E-state index contributed by atoms with van der Waals surface area (Å²) in [7, 11) is 0. The average molecular weight is 359 g/mol. The van der Waals surface area contributed by atoms with E-state index in [0.29, 0.717) is 0 Å². The first-order valence-corrected chi connectivity index (χ1v) is 9.84. The van der Waals surface area contributed by atoms with Gasteiger partial charge in [0.2, 0.25) is 0 Å². The third-order valence-electron chi connectivity index (χ3n) is 2.94. The molecule has 0 heterocycles. The van der Waals surface area contributed by atoms with E-state index in [1.807, 2.05) is 0 Å². The fourth-order valence-electron chi connectivity index (χ4n) is 2.08. The van der Waals surface area contributed by atoms with E-state index in [4.69, 9.17) is 0 Å². The second-order valence-corrected chi connectivity index (χ2v) is 10.0. The first-order chi connectivity index (χ1) is 9.45. The fourth-order valence-corrected chi connectivity index (χ4v) is 8.08. The van der Waals surface area contributed by atoms with Crippen LogP contribution in [0, 0.1) is 0 Å². The Morgan fingerprint density at radius 2 is 0.632 bits per heavy atom. The molecule has 0 nitrogen and oxygen atoms in total. The number of hydrogen-bond donors (Lipinski definition) is 0. The second-order valence-electron chi connectivity index (χ2n) is 4.25. The van der Waals surface area contributed by atoms with Crippen molar-refractivity contribution in [1.82, 2.24) is 0 Å². The molecule has 0 amide bonds. The van der Waals surface area contributed by atoms with Gasteiger partial charge in [0.05, 0.1) is 0 Å².